The summed E-state index contributed by atoms with van der Waals surface area (Å²) < 4.78 is 10.9. The van der Waals surface area contributed by atoms with Crippen LogP contribution in [0.25, 0.3) is 33.1 Å². The van der Waals surface area contributed by atoms with E-state index in [4.69, 9.17) is 14.1 Å². The molecule has 4 aromatic rings. The van der Waals surface area contributed by atoms with Crippen molar-refractivity contribution in [3.05, 3.63) is 66.7 Å². The lowest BCUT2D eigenvalue weighted by atomic mass is 10.0. The van der Waals surface area contributed by atoms with E-state index in [0.29, 0.717) is 5.75 Å². The molecule has 1 aromatic heterocycles. The number of benzene rings is 3. The van der Waals surface area contributed by atoms with Gasteiger partial charge in [0.15, 0.2) is 0 Å². The highest BCUT2D eigenvalue weighted by molar-refractivity contribution is 6.17. The van der Waals surface area contributed by atoms with Gasteiger partial charge >= 0.3 is 7.69 Å². The minimum absolute atomic E-state index is 0.313. The number of hydrogen-bond donors (Lipinski definition) is 1. The average molecular weight is 288 g/mol. The zero-order chi connectivity index (χ0) is 14.9. The van der Waals surface area contributed by atoms with Crippen LogP contribution in [0.5, 0.6) is 5.75 Å². The van der Waals surface area contributed by atoms with Crippen LogP contribution < -0.4 is 4.65 Å². The summed E-state index contributed by atoms with van der Waals surface area (Å²) in [4.78, 5) is 0. The lowest BCUT2D eigenvalue weighted by Crippen LogP contribution is -1.99. The lowest BCUT2D eigenvalue weighted by Gasteiger charge is -2.05. The first kappa shape index (κ1) is 13.0. The highest BCUT2D eigenvalue weighted by Crippen LogP contribution is 2.32. The van der Waals surface area contributed by atoms with Gasteiger partial charge in [0, 0.05) is 10.8 Å². The van der Waals surface area contributed by atoms with Gasteiger partial charge in [0.25, 0.3) is 0 Å². The Bertz CT molecular complexity index is 942. The molecule has 0 aliphatic heterocycles. The van der Waals surface area contributed by atoms with E-state index in [2.05, 4.69) is 12.1 Å². The molecule has 1 heterocycles. The van der Waals surface area contributed by atoms with Crippen LogP contribution in [0.15, 0.2) is 71.1 Å². The van der Waals surface area contributed by atoms with Crippen LogP contribution in [0.2, 0.25) is 0 Å². The largest absolute Gasteiger partial charge is 0.539 e. The van der Waals surface area contributed by atoms with Crippen molar-refractivity contribution in [2.45, 2.75) is 0 Å². The maximum absolute atomic E-state index is 8.77. The summed E-state index contributed by atoms with van der Waals surface area (Å²) in [5.74, 6) is 0.654. The van der Waals surface area contributed by atoms with Crippen LogP contribution in [0.4, 0.5) is 0 Å². The minimum Gasteiger partial charge on any atom is -0.539 e. The van der Waals surface area contributed by atoms with Gasteiger partial charge < -0.3 is 14.1 Å². The Kier molecular flexibility index (Phi) is 3.09. The van der Waals surface area contributed by atoms with Crippen LogP contribution >= 0.6 is 0 Å². The van der Waals surface area contributed by atoms with Crippen molar-refractivity contribution in [1.82, 2.24) is 0 Å². The monoisotopic (exact) mass is 288 g/mol. The SMILES string of the molecule is OBOc1ccc(-c2ccc3oc4ccccc4c3c2)cc1. The van der Waals surface area contributed by atoms with Crippen LogP contribution in [0.3, 0.4) is 0 Å². The summed E-state index contributed by atoms with van der Waals surface area (Å²) in [6.45, 7) is 0. The summed E-state index contributed by atoms with van der Waals surface area (Å²) >= 11 is 0. The van der Waals surface area contributed by atoms with Gasteiger partial charge in [-0.2, -0.15) is 0 Å². The van der Waals surface area contributed by atoms with Crippen molar-refractivity contribution in [1.29, 1.82) is 0 Å². The topological polar surface area (TPSA) is 42.6 Å². The second-order valence-corrected chi connectivity index (χ2v) is 5.11. The maximum Gasteiger partial charge on any atom is 0.504 e. The molecule has 0 spiro atoms. The van der Waals surface area contributed by atoms with Gasteiger partial charge in [0.2, 0.25) is 0 Å². The van der Waals surface area contributed by atoms with E-state index in [0.717, 1.165) is 33.1 Å². The lowest BCUT2D eigenvalue weighted by molar-refractivity contribution is 0.454. The van der Waals surface area contributed by atoms with Crippen molar-refractivity contribution in [3.63, 3.8) is 0 Å². The van der Waals surface area contributed by atoms with Crippen LogP contribution in [-0.2, 0) is 0 Å². The van der Waals surface area contributed by atoms with Crippen molar-refractivity contribution >= 4 is 29.6 Å². The summed E-state index contributed by atoms with van der Waals surface area (Å²) in [6, 6.07) is 21.9. The van der Waals surface area contributed by atoms with Crippen molar-refractivity contribution in [2.24, 2.45) is 0 Å². The van der Waals surface area contributed by atoms with E-state index in [-0.39, 0.29) is 7.69 Å². The molecule has 22 heavy (non-hydrogen) atoms. The molecule has 106 valence electrons. The normalized spacial score (nSPS) is 11.0. The molecular weight excluding hydrogens is 275 g/mol. The van der Waals surface area contributed by atoms with E-state index < -0.39 is 0 Å². The third-order valence-electron chi connectivity index (χ3n) is 3.80. The summed E-state index contributed by atoms with van der Waals surface area (Å²) in [6.07, 6.45) is 0. The average Bonchev–Trinajstić information content (AvgIpc) is 2.94. The van der Waals surface area contributed by atoms with E-state index in [9.17, 15) is 0 Å². The number of furan rings is 1. The molecule has 0 fully saturated rings. The first-order valence-corrected chi connectivity index (χ1v) is 7.10. The molecule has 0 saturated heterocycles. The Morgan fingerprint density at radius 1 is 0.773 bits per heavy atom. The molecule has 0 aliphatic carbocycles. The standard InChI is InChI=1S/C18H13BO3/c20-19-22-14-8-5-12(6-9-14)13-7-10-18-16(11-13)15-3-1-2-4-17(15)21-18/h1-11,19-20H. The highest BCUT2D eigenvalue weighted by Gasteiger charge is 2.08. The predicted octanol–water partition coefficient (Wildman–Crippen LogP) is 3.89. The third kappa shape index (κ3) is 2.14. The van der Waals surface area contributed by atoms with E-state index >= 15 is 0 Å². The van der Waals surface area contributed by atoms with E-state index in [1.54, 1.807) is 0 Å². The van der Waals surface area contributed by atoms with Crippen molar-refractivity contribution in [3.8, 4) is 16.9 Å². The van der Waals surface area contributed by atoms with Crippen molar-refractivity contribution < 1.29 is 14.1 Å². The van der Waals surface area contributed by atoms with E-state index in [1.165, 1.54) is 0 Å². The van der Waals surface area contributed by atoms with Gasteiger partial charge in [-0.05, 0) is 41.5 Å². The quantitative estimate of drug-likeness (QED) is 0.581. The smallest absolute Gasteiger partial charge is 0.504 e. The molecule has 0 radical (unpaired) electrons. The van der Waals surface area contributed by atoms with Crippen molar-refractivity contribution in [2.75, 3.05) is 0 Å². The van der Waals surface area contributed by atoms with Crippen LogP contribution in [0, 0.1) is 0 Å². The first-order chi connectivity index (χ1) is 10.8. The number of rotatable bonds is 3. The maximum atomic E-state index is 8.77. The molecular formula is C18H13BO3. The fourth-order valence-corrected chi connectivity index (χ4v) is 2.72. The van der Waals surface area contributed by atoms with E-state index in [1.807, 2.05) is 54.6 Å². The fraction of sp³-hybridized carbons (Fsp3) is 0. The Labute approximate surface area is 128 Å². The van der Waals surface area contributed by atoms with Gasteiger partial charge in [0.1, 0.15) is 16.9 Å². The summed E-state index contributed by atoms with van der Waals surface area (Å²) in [5, 5.41) is 11.0. The molecule has 0 atom stereocenters. The summed E-state index contributed by atoms with van der Waals surface area (Å²) in [5.41, 5.74) is 4.01. The molecule has 0 amide bonds. The molecule has 0 bridgehead atoms. The summed E-state index contributed by atoms with van der Waals surface area (Å²) in [7, 11) is -0.313. The molecule has 0 saturated carbocycles. The second kappa shape index (κ2) is 5.24. The number of hydrogen-bond acceptors (Lipinski definition) is 3. The minimum atomic E-state index is -0.313. The zero-order valence-corrected chi connectivity index (χ0v) is 11.8. The van der Waals surface area contributed by atoms with Crippen LogP contribution in [0.1, 0.15) is 0 Å². The molecule has 1 N–H and O–H groups in total. The molecule has 4 heteroatoms. The van der Waals surface area contributed by atoms with Crippen LogP contribution in [-0.4, -0.2) is 12.7 Å². The third-order valence-corrected chi connectivity index (χ3v) is 3.80. The van der Waals surface area contributed by atoms with Gasteiger partial charge in [-0.1, -0.05) is 36.4 Å². The Balaban J connectivity index is 1.83. The number of fused-ring (bicyclic) bond motifs is 3. The fourth-order valence-electron chi connectivity index (χ4n) is 2.72. The molecule has 4 rings (SSSR count). The number of para-hydroxylation sites is 1. The highest BCUT2D eigenvalue weighted by atomic mass is 16.5. The van der Waals surface area contributed by atoms with Gasteiger partial charge in [-0.3, -0.25) is 0 Å². The van der Waals surface area contributed by atoms with Gasteiger partial charge in [-0.25, -0.2) is 0 Å². The molecule has 0 aliphatic rings. The Hall–Kier alpha value is -2.72. The zero-order valence-electron chi connectivity index (χ0n) is 11.8. The molecule has 3 aromatic carbocycles. The van der Waals surface area contributed by atoms with Gasteiger partial charge in [0.05, 0.1) is 0 Å². The first-order valence-electron chi connectivity index (χ1n) is 7.10. The van der Waals surface area contributed by atoms with Gasteiger partial charge in [-0.15, -0.1) is 0 Å². The molecule has 0 unspecified atom stereocenters. The Morgan fingerprint density at radius 2 is 1.50 bits per heavy atom. The molecule has 3 nitrogen and oxygen atoms in total. The Morgan fingerprint density at radius 3 is 2.32 bits per heavy atom. The second-order valence-electron chi connectivity index (χ2n) is 5.11. The predicted molar refractivity (Wildman–Crippen MR) is 89.2 cm³/mol.